The van der Waals surface area contributed by atoms with Crippen LogP contribution in [0.25, 0.3) is 0 Å². The van der Waals surface area contributed by atoms with Gasteiger partial charge in [-0.15, -0.1) is 11.3 Å². The fourth-order valence-electron chi connectivity index (χ4n) is 3.35. The Morgan fingerprint density at radius 2 is 1.86 bits per heavy atom. The number of hydrogen-bond acceptors (Lipinski definition) is 5. The number of rotatable bonds is 6. The van der Waals surface area contributed by atoms with Crippen LogP contribution in [-0.4, -0.2) is 20.9 Å². The van der Waals surface area contributed by atoms with Crippen LogP contribution in [0.2, 0.25) is 0 Å². The first-order valence-electron chi connectivity index (χ1n) is 9.05. The summed E-state index contributed by atoms with van der Waals surface area (Å²) in [6.45, 7) is 4.04. The van der Waals surface area contributed by atoms with Gasteiger partial charge in [-0.1, -0.05) is 43.0 Å². The maximum absolute atomic E-state index is 13.1. The number of ether oxygens (including phenoxy) is 1. The Hall–Kier alpha value is -2.90. The maximum Gasteiger partial charge on any atom is 0.225 e. The molecule has 2 aromatic carbocycles. The second kappa shape index (κ2) is 7.85. The zero-order valence-corrected chi connectivity index (χ0v) is 17.1. The topological polar surface area (TPSA) is 72.5 Å². The van der Waals surface area contributed by atoms with Gasteiger partial charge in [0.15, 0.2) is 0 Å². The maximum atomic E-state index is 13.1. The number of thiophene rings is 1. The van der Waals surface area contributed by atoms with Crippen molar-refractivity contribution in [3.05, 3.63) is 83.1 Å². The van der Waals surface area contributed by atoms with E-state index in [9.17, 15) is 13.2 Å². The van der Waals surface area contributed by atoms with E-state index in [1.54, 1.807) is 41.8 Å². The van der Waals surface area contributed by atoms with Gasteiger partial charge >= 0.3 is 0 Å². The molecule has 0 aliphatic carbocycles. The Labute approximate surface area is 173 Å². The molecular weight excluding hydrogens is 406 g/mol. The second-order valence-electron chi connectivity index (χ2n) is 6.63. The Morgan fingerprint density at radius 1 is 1.14 bits per heavy atom. The van der Waals surface area contributed by atoms with Crippen molar-refractivity contribution in [2.24, 2.45) is 0 Å². The summed E-state index contributed by atoms with van der Waals surface area (Å²) in [5.74, 6) is 0.321. The van der Waals surface area contributed by atoms with Crippen LogP contribution in [0, 0.1) is 0 Å². The molecule has 7 heteroatoms. The number of amides is 1. The van der Waals surface area contributed by atoms with Crippen LogP contribution in [0.4, 0.5) is 5.69 Å². The van der Waals surface area contributed by atoms with Gasteiger partial charge in [-0.05, 0) is 29.8 Å². The van der Waals surface area contributed by atoms with Crippen LogP contribution < -0.4 is 10.1 Å². The van der Waals surface area contributed by atoms with Crippen LogP contribution in [0.1, 0.15) is 22.8 Å². The lowest BCUT2D eigenvalue weighted by Crippen LogP contribution is -2.23. The molecule has 1 N–H and O–H groups in total. The molecule has 0 spiro atoms. The van der Waals surface area contributed by atoms with Crippen molar-refractivity contribution in [1.29, 1.82) is 0 Å². The van der Waals surface area contributed by atoms with Gasteiger partial charge in [0.2, 0.25) is 15.7 Å². The zero-order valence-electron chi connectivity index (χ0n) is 15.5. The van der Waals surface area contributed by atoms with Gasteiger partial charge in [-0.2, -0.15) is 0 Å². The predicted octanol–water partition coefficient (Wildman–Crippen LogP) is 4.62. The highest BCUT2D eigenvalue weighted by atomic mass is 32.2. The van der Waals surface area contributed by atoms with Gasteiger partial charge in [0.05, 0.1) is 10.6 Å². The minimum Gasteiger partial charge on any atom is -0.490 e. The first-order valence-corrected chi connectivity index (χ1v) is 11.4. The van der Waals surface area contributed by atoms with Crippen molar-refractivity contribution in [2.45, 2.75) is 22.1 Å². The molecule has 1 unspecified atom stereocenters. The van der Waals surface area contributed by atoms with Crippen molar-refractivity contribution in [3.63, 3.8) is 0 Å². The second-order valence-corrected chi connectivity index (χ2v) is 9.46. The van der Waals surface area contributed by atoms with Crippen LogP contribution in [0.3, 0.4) is 0 Å². The van der Waals surface area contributed by atoms with Crippen LogP contribution in [-0.2, 0) is 14.6 Å². The molecule has 4 rings (SSSR count). The molecule has 1 aliphatic rings. The third kappa shape index (κ3) is 3.71. The molecule has 0 fully saturated rings. The molecule has 0 saturated heterocycles. The van der Waals surface area contributed by atoms with Crippen LogP contribution in [0.5, 0.6) is 5.75 Å². The number of carbonyl (C=O) groups excluding carboxylic acids is 1. The van der Waals surface area contributed by atoms with Gasteiger partial charge in [0, 0.05) is 22.6 Å². The van der Waals surface area contributed by atoms with Crippen molar-refractivity contribution in [1.82, 2.24) is 0 Å². The third-order valence-corrected chi connectivity index (χ3v) is 7.79. The lowest BCUT2D eigenvalue weighted by molar-refractivity contribution is -0.116. The quantitative estimate of drug-likeness (QED) is 0.585. The SMILES string of the molecule is C=CCOc1ccc(C2CC(=O)Nc3c(S(=O)(=O)c4ccccc4)csc32)cc1. The summed E-state index contributed by atoms with van der Waals surface area (Å²) in [6.07, 6.45) is 1.94. The van der Waals surface area contributed by atoms with Crippen LogP contribution >= 0.6 is 11.3 Å². The zero-order chi connectivity index (χ0) is 20.4. The summed E-state index contributed by atoms with van der Waals surface area (Å²) < 4.78 is 31.7. The van der Waals surface area contributed by atoms with E-state index in [-0.39, 0.29) is 28.0 Å². The van der Waals surface area contributed by atoms with Crippen LogP contribution in [0.15, 0.2) is 82.4 Å². The van der Waals surface area contributed by atoms with Gasteiger partial charge in [-0.3, -0.25) is 4.79 Å². The molecular formula is C22H19NO4S2. The number of hydrogen-bond donors (Lipinski definition) is 1. The lowest BCUT2D eigenvalue weighted by Gasteiger charge is -2.24. The highest BCUT2D eigenvalue weighted by Crippen LogP contribution is 2.45. The largest absolute Gasteiger partial charge is 0.490 e. The van der Waals surface area contributed by atoms with E-state index in [1.807, 2.05) is 24.3 Å². The van der Waals surface area contributed by atoms with Gasteiger partial charge in [0.25, 0.3) is 0 Å². The minimum atomic E-state index is -3.72. The van der Waals surface area contributed by atoms with E-state index in [2.05, 4.69) is 11.9 Å². The van der Waals surface area contributed by atoms with Gasteiger partial charge in [0.1, 0.15) is 17.3 Å². The molecule has 29 heavy (non-hydrogen) atoms. The van der Waals surface area contributed by atoms with E-state index in [4.69, 9.17) is 4.74 Å². The monoisotopic (exact) mass is 425 g/mol. The van der Waals surface area contributed by atoms with E-state index in [0.717, 1.165) is 10.4 Å². The number of carbonyl (C=O) groups is 1. The van der Waals surface area contributed by atoms with E-state index >= 15 is 0 Å². The molecule has 0 bridgehead atoms. The van der Waals surface area contributed by atoms with Crippen molar-refractivity contribution < 1.29 is 17.9 Å². The molecule has 1 aliphatic heterocycles. The summed E-state index contributed by atoms with van der Waals surface area (Å²) in [5.41, 5.74) is 1.34. The standard InChI is InChI=1S/C22H19NO4S2/c1-2-12-27-16-10-8-15(9-11-16)18-13-20(24)23-21-19(14-28-22(18)21)29(25,26)17-6-4-3-5-7-17/h2-11,14,18H,1,12-13H2,(H,23,24). The predicted molar refractivity (Wildman–Crippen MR) is 113 cm³/mol. The fraction of sp³-hybridized carbons (Fsp3) is 0.136. The molecule has 1 atom stereocenters. The Balaban J connectivity index is 1.72. The first kappa shape index (κ1) is 19.4. The molecule has 2 heterocycles. The van der Waals surface area contributed by atoms with Crippen molar-refractivity contribution in [3.8, 4) is 5.75 Å². The van der Waals surface area contributed by atoms with E-state index < -0.39 is 9.84 Å². The number of anilines is 1. The molecule has 5 nitrogen and oxygen atoms in total. The molecule has 1 aromatic heterocycles. The number of fused-ring (bicyclic) bond motifs is 1. The normalized spacial score (nSPS) is 16.0. The average Bonchev–Trinajstić information content (AvgIpc) is 3.17. The lowest BCUT2D eigenvalue weighted by atomic mass is 9.90. The number of benzene rings is 2. The summed E-state index contributed by atoms with van der Waals surface area (Å²) in [6, 6.07) is 15.8. The van der Waals surface area contributed by atoms with E-state index in [1.165, 1.54) is 11.3 Å². The minimum absolute atomic E-state index is 0.146. The fourth-order valence-corrected chi connectivity index (χ4v) is 6.28. The Kier molecular flexibility index (Phi) is 5.25. The van der Waals surface area contributed by atoms with E-state index in [0.29, 0.717) is 18.0 Å². The molecule has 3 aromatic rings. The molecule has 0 saturated carbocycles. The molecule has 1 amide bonds. The van der Waals surface area contributed by atoms with Crippen molar-refractivity contribution >= 4 is 32.8 Å². The number of sulfone groups is 1. The summed E-state index contributed by atoms with van der Waals surface area (Å²) in [4.78, 5) is 13.6. The van der Waals surface area contributed by atoms with Gasteiger partial charge < -0.3 is 10.1 Å². The highest BCUT2D eigenvalue weighted by molar-refractivity contribution is 7.91. The Morgan fingerprint density at radius 3 is 2.55 bits per heavy atom. The summed E-state index contributed by atoms with van der Waals surface area (Å²) in [7, 11) is -3.72. The average molecular weight is 426 g/mol. The van der Waals surface area contributed by atoms with Crippen molar-refractivity contribution in [2.75, 3.05) is 11.9 Å². The Bertz CT molecular complexity index is 1150. The first-order chi connectivity index (χ1) is 14.0. The summed E-state index contributed by atoms with van der Waals surface area (Å²) in [5, 5.41) is 4.40. The van der Waals surface area contributed by atoms with Gasteiger partial charge in [-0.25, -0.2) is 8.42 Å². The molecule has 148 valence electrons. The highest BCUT2D eigenvalue weighted by Gasteiger charge is 2.34. The number of nitrogens with one attached hydrogen (secondary N) is 1. The summed E-state index contributed by atoms with van der Waals surface area (Å²) >= 11 is 1.36. The molecule has 0 radical (unpaired) electrons. The third-order valence-electron chi connectivity index (χ3n) is 4.75. The smallest absolute Gasteiger partial charge is 0.225 e.